The van der Waals surface area contributed by atoms with E-state index in [1.807, 2.05) is 35.1 Å². The molecule has 1 N–H and O–H groups in total. The summed E-state index contributed by atoms with van der Waals surface area (Å²) in [5.74, 6) is 0. The minimum atomic E-state index is 0.0935. The molecule has 4 rings (SSSR count). The molecule has 0 saturated heterocycles. The molecular formula is C24H22ClN3. The van der Waals surface area contributed by atoms with Gasteiger partial charge in [-0.3, -0.25) is 4.68 Å². The van der Waals surface area contributed by atoms with Crippen LogP contribution in [0, 0.1) is 0 Å². The molecule has 0 bridgehead atoms. The van der Waals surface area contributed by atoms with Crippen molar-refractivity contribution in [2.24, 2.45) is 0 Å². The van der Waals surface area contributed by atoms with Crippen molar-refractivity contribution in [3.8, 4) is 0 Å². The second kappa shape index (κ2) is 8.87. The predicted octanol–water partition coefficient (Wildman–Crippen LogP) is 5.46. The number of aromatic nitrogens is 2. The first-order chi connectivity index (χ1) is 13.8. The molecule has 4 heteroatoms. The van der Waals surface area contributed by atoms with Gasteiger partial charge in [0.2, 0.25) is 0 Å². The Hall–Kier alpha value is -2.88. The van der Waals surface area contributed by atoms with E-state index in [1.54, 1.807) is 0 Å². The standard InChI is InChI=1S/C24H22ClN3/c25-23-13-11-22(12-14-23)24(21-9-5-2-6-10-21)26-15-20-16-27-28(18-20)17-19-7-3-1-4-8-19/h1-14,16,18,24,26H,15,17H2/t24-/m0/s1. The Balaban J connectivity index is 1.48. The lowest BCUT2D eigenvalue weighted by Crippen LogP contribution is -2.21. The zero-order chi connectivity index (χ0) is 19.2. The lowest BCUT2D eigenvalue weighted by atomic mass is 9.98. The topological polar surface area (TPSA) is 29.9 Å². The van der Waals surface area contributed by atoms with Gasteiger partial charge in [0.25, 0.3) is 0 Å². The Kier molecular flexibility index (Phi) is 5.86. The third-order valence-corrected chi connectivity index (χ3v) is 4.97. The van der Waals surface area contributed by atoms with Gasteiger partial charge in [0.15, 0.2) is 0 Å². The van der Waals surface area contributed by atoms with E-state index in [0.29, 0.717) is 0 Å². The van der Waals surface area contributed by atoms with E-state index in [1.165, 1.54) is 16.7 Å². The van der Waals surface area contributed by atoms with E-state index < -0.39 is 0 Å². The number of benzene rings is 3. The quantitative estimate of drug-likeness (QED) is 0.456. The first-order valence-corrected chi connectivity index (χ1v) is 9.75. The summed E-state index contributed by atoms with van der Waals surface area (Å²) in [6.07, 6.45) is 4.03. The van der Waals surface area contributed by atoms with E-state index in [2.05, 4.69) is 77.3 Å². The van der Waals surface area contributed by atoms with Gasteiger partial charge in [-0.05, 0) is 28.8 Å². The van der Waals surface area contributed by atoms with Crippen LogP contribution < -0.4 is 5.32 Å². The maximum absolute atomic E-state index is 6.07. The average molecular weight is 388 g/mol. The van der Waals surface area contributed by atoms with E-state index in [0.717, 1.165) is 23.7 Å². The Morgan fingerprint density at radius 2 is 1.43 bits per heavy atom. The molecule has 0 aliphatic rings. The van der Waals surface area contributed by atoms with Gasteiger partial charge in [-0.1, -0.05) is 84.4 Å². The molecule has 1 aromatic heterocycles. The first-order valence-electron chi connectivity index (χ1n) is 9.37. The second-order valence-electron chi connectivity index (χ2n) is 6.81. The van der Waals surface area contributed by atoms with Crippen molar-refractivity contribution < 1.29 is 0 Å². The smallest absolute Gasteiger partial charge is 0.0659 e. The summed E-state index contributed by atoms with van der Waals surface area (Å²) < 4.78 is 1.98. The molecule has 28 heavy (non-hydrogen) atoms. The molecule has 0 amide bonds. The fourth-order valence-electron chi connectivity index (χ4n) is 3.30. The summed E-state index contributed by atoms with van der Waals surface area (Å²) >= 11 is 6.07. The fourth-order valence-corrected chi connectivity index (χ4v) is 3.43. The molecule has 1 atom stereocenters. The van der Waals surface area contributed by atoms with Crippen LogP contribution in [0.1, 0.15) is 28.3 Å². The van der Waals surface area contributed by atoms with E-state index in [4.69, 9.17) is 11.6 Å². The molecule has 3 nitrogen and oxygen atoms in total. The maximum atomic E-state index is 6.07. The van der Waals surface area contributed by atoms with E-state index in [-0.39, 0.29) is 6.04 Å². The molecule has 0 fully saturated rings. The predicted molar refractivity (Wildman–Crippen MR) is 114 cm³/mol. The lowest BCUT2D eigenvalue weighted by molar-refractivity contribution is 0.604. The minimum Gasteiger partial charge on any atom is -0.302 e. The molecule has 4 aromatic rings. The second-order valence-corrected chi connectivity index (χ2v) is 7.24. The number of hydrogen-bond donors (Lipinski definition) is 1. The van der Waals surface area contributed by atoms with Gasteiger partial charge < -0.3 is 5.32 Å². The van der Waals surface area contributed by atoms with E-state index in [9.17, 15) is 0 Å². The van der Waals surface area contributed by atoms with Crippen molar-refractivity contribution in [1.82, 2.24) is 15.1 Å². The van der Waals surface area contributed by atoms with Crippen molar-refractivity contribution in [3.05, 3.63) is 125 Å². The van der Waals surface area contributed by atoms with Crippen LogP contribution in [0.15, 0.2) is 97.3 Å². The molecule has 0 aliphatic carbocycles. The van der Waals surface area contributed by atoms with Crippen LogP contribution in [0.3, 0.4) is 0 Å². The fraction of sp³-hybridized carbons (Fsp3) is 0.125. The van der Waals surface area contributed by atoms with Crippen LogP contribution in [0.25, 0.3) is 0 Å². The Labute approximate surface area is 170 Å². The molecule has 0 spiro atoms. The summed E-state index contributed by atoms with van der Waals surface area (Å²) in [6, 6.07) is 28.9. The highest BCUT2D eigenvalue weighted by molar-refractivity contribution is 6.30. The molecule has 3 aromatic carbocycles. The largest absolute Gasteiger partial charge is 0.302 e. The summed E-state index contributed by atoms with van der Waals surface area (Å²) in [4.78, 5) is 0. The number of hydrogen-bond acceptors (Lipinski definition) is 2. The zero-order valence-corrected chi connectivity index (χ0v) is 16.3. The van der Waals surface area contributed by atoms with Gasteiger partial charge in [0.1, 0.15) is 0 Å². The van der Waals surface area contributed by atoms with Crippen LogP contribution in [-0.2, 0) is 13.1 Å². The van der Waals surface area contributed by atoms with Crippen molar-refractivity contribution >= 4 is 11.6 Å². The third kappa shape index (κ3) is 4.69. The molecule has 140 valence electrons. The maximum Gasteiger partial charge on any atom is 0.0659 e. The molecule has 0 saturated carbocycles. The number of halogens is 1. The number of rotatable bonds is 7. The summed E-state index contributed by atoms with van der Waals surface area (Å²) in [5, 5.41) is 8.92. The highest BCUT2D eigenvalue weighted by Gasteiger charge is 2.14. The molecule has 0 aliphatic heterocycles. The summed E-state index contributed by atoms with van der Waals surface area (Å²) in [5.41, 5.74) is 4.81. The van der Waals surface area contributed by atoms with Crippen molar-refractivity contribution in [1.29, 1.82) is 0 Å². The van der Waals surface area contributed by atoms with Crippen molar-refractivity contribution in [3.63, 3.8) is 0 Å². The minimum absolute atomic E-state index is 0.0935. The van der Waals surface area contributed by atoms with Crippen LogP contribution in [0.2, 0.25) is 5.02 Å². The molecular weight excluding hydrogens is 366 g/mol. The third-order valence-electron chi connectivity index (χ3n) is 4.72. The number of nitrogens with zero attached hydrogens (tertiary/aromatic N) is 2. The van der Waals surface area contributed by atoms with Crippen LogP contribution in [0.5, 0.6) is 0 Å². The highest BCUT2D eigenvalue weighted by atomic mass is 35.5. The van der Waals surface area contributed by atoms with Crippen LogP contribution in [0.4, 0.5) is 0 Å². The normalized spacial score (nSPS) is 12.0. The van der Waals surface area contributed by atoms with Crippen molar-refractivity contribution in [2.75, 3.05) is 0 Å². The van der Waals surface area contributed by atoms with Gasteiger partial charge in [-0.2, -0.15) is 5.10 Å². The highest BCUT2D eigenvalue weighted by Crippen LogP contribution is 2.24. The lowest BCUT2D eigenvalue weighted by Gasteiger charge is -2.19. The zero-order valence-electron chi connectivity index (χ0n) is 15.5. The molecule has 0 radical (unpaired) electrons. The first kappa shape index (κ1) is 18.5. The van der Waals surface area contributed by atoms with Gasteiger partial charge in [0, 0.05) is 23.3 Å². The Morgan fingerprint density at radius 1 is 0.786 bits per heavy atom. The SMILES string of the molecule is Clc1ccc([C@@H](NCc2cnn(Cc3ccccc3)c2)c2ccccc2)cc1. The summed E-state index contributed by atoms with van der Waals surface area (Å²) in [6.45, 7) is 1.51. The molecule has 0 unspecified atom stereocenters. The van der Waals surface area contributed by atoms with Gasteiger partial charge >= 0.3 is 0 Å². The van der Waals surface area contributed by atoms with Gasteiger partial charge in [-0.15, -0.1) is 0 Å². The van der Waals surface area contributed by atoms with E-state index >= 15 is 0 Å². The monoisotopic (exact) mass is 387 g/mol. The molecule has 1 heterocycles. The van der Waals surface area contributed by atoms with Gasteiger partial charge in [0.05, 0.1) is 18.8 Å². The number of nitrogens with one attached hydrogen (secondary N) is 1. The van der Waals surface area contributed by atoms with Gasteiger partial charge in [-0.25, -0.2) is 0 Å². The Bertz CT molecular complexity index is 995. The average Bonchev–Trinajstić information content (AvgIpc) is 3.18. The van der Waals surface area contributed by atoms with Crippen LogP contribution >= 0.6 is 11.6 Å². The van der Waals surface area contributed by atoms with Crippen molar-refractivity contribution in [2.45, 2.75) is 19.1 Å². The summed E-state index contributed by atoms with van der Waals surface area (Å²) in [7, 11) is 0. The Morgan fingerprint density at radius 3 is 2.14 bits per heavy atom. The van der Waals surface area contributed by atoms with Crippen LogP contribution in [-0.4, -0.2) is 9.78 Å².